The molecule has 1 amide bonds. The highest BCUT2D eigenvalue weighted by Gasteiger charge is 2.29. The third kappa shape index (κ3) is 5.48. The molecule has 0 radical (unpaired) electrons. The molecule has 5 heteroatoms. The van der Waals surface area contributed by atoms with Crippen molar-refractivity contribution in [3.8, 4) is 0 Å². The highest BCUT2D eigenvalue weighted by molar-refractivity contribution is 7.84. The first-order chi connectivity index (χ1) is 8.43. The van der Waals surface area contributed by atoms with Crippen LogP contribution in [0.15, 0.2) is 0 Å². The number of hydrogen-bond donors (Lipinski definition) is 2. The zero-order valence-corrected chi connectivity index (χ0v) is 12.4. The molecular weight excluding hydrogens is 248 g/mol. The fraction of sp³-hybridized carbons (Fsp3) is 0.923. The smallest absolute Gasteiger partial charge is 0.221 e. The number of carbonyl (C=O) groups is 1. The van der Waals surface area contributed by atoms with E-state index in [-0.39, 0.29) is 16.7 Å². The summed E-state index contributed by atoms with van der Waals surface area (Å²) in [7, 11) is -0.816. The summed E-state index contributed by atoms with van der Waals surface area (Å²) >= 11 is 0. The van der Waals surface area contributed by atoms with Crippen molar-refractivity contribution in [2.75, 3.05) is 12.8 Å². The van der Waals surface area contributed by atoms with Gasteiger partial charge in [0.15, 0.2) is 0 Å². The Morgan fingerprint density at radius 3 is 2.56 bits per heavy atom. The Labute approximate surface area is 113 Å². The Kier molecular flexibility index (Phi) is 6.29. The van der Waals surface area contributed by atoms with Crippen LogP contribution in [0.4, 0.5) is 0 Å². The van der Waals surface area contributed by atoms with Gasteiger partial charge in [0.2, 0.25) is 5.91 Å². The first-order valence-electron chi connectivity index (χ1n) is 6.81. The second-order valence-corrected chi connectivity index (χ2v) is 7.35. The van der Waals surface area contributed by atoms with Crippen molar-refractivity contribution in [1.29, 1.82) is 0 Å². The lowest BCUT2D eigenvalue weighted by Gasteiger charge is -2.32. The number of nitrogens with one attached hydrogen (secondary N) is 1. The van der Waals surface area contributed by atoms with E-state index in [2.05, 4.69) is 5.32 Å². The molecule has 1 saturated carbocycles. The van der Waals surface area contributed by atoms with Crippen molar-refractivity contribution in [2.24, 2.45) is 5.73 Å². The Bertz CT molecular complexity index is 301. The van der Waals surface area contributed by atoms with E-state index in [1.807, 2.05) is 6.92 Å². The van der Waals surface area contributed by atoms with Gasteiger partial charge >= 0.3 is 0 Å². The van der Waals surface area contributed by atoms with Crippen LogP contribution in [0.1, 0.15) is 51.9 Å². The molecule has 0 aromatic heterocycles. The predicted molar refractivity (Wildman–Crippen MR) is 75.8 cm³/mol. The van der Waals surface area contributed by atoms with Crippen molar-refractivity contribution in [2.45, 2.75) is 62.7 Å². The zero-order chi connectivity index (χ0) is 13.6. The van der Waals surface area contributed by atoms with E-state index >= 15 is 0 Å². The summed E-state index contributed by atoms with van der Waals surface area (Å²) in [6.07, 6.45) is 8.30. The molecule has 0 aromatic carbocycles. The molecule has 0 bridgehead atoms. The number of rotatable bonds is 6. The highest BCUT2D eigenvalue weighted by atomic mass is 32.2. The largest absolute Gasteiger partial charge is 0.356 e. The molecular formula is C13H26N2O2S. The average Bonchev–Trinajstić information content (AvgIpc) is 2.28. The van der Waals surface area contributed by atoms with Crippen molar-refractivity contribution >= 4 is 16.7 Å². The summed E-state index contributed by atoms with van der Waals surface area (Å²) in [5.74, 6) is 0.0356. The van der Waals surface area contributed by atoms with Crippen LogP contribution in [-0.2, 0) is 15.6 Å². The van der Waals surface area contributed by atoms with E-state index in [9.17, 15) is 9.00 Å². The van der Waals surface area contributed by atoms with Gasteiger partial charge in [0.25, 0.3) is 0 Å². The van der Waals surface area contributed by atoms with Crippen LogP contribution in [0.5, 0.6) is 0 Å². The number of nitrogens with two attached hydrogens (primary N) is 1. The number of hydrogen-bond acceptors (Lipinski definition) is 3. The van der Waals surface area contributed by atoms with Crippen molar-refractivity contribution in [3.05, 3.63) is 0 Å². The molecule has 1 aliphatic carbocycles. The van der Waals surface area contributed by atoms with Gasteiger partial charge in [-0.1, -0.05) is 26.2 Å². The van der Waals surface area contributed by atoms with Crippen molar-refractivity contribution in [1.82, 2.24) is 5.32 Å². The number of amides is 1. The van der Waals surface area contributed by atoms with Gasteiger partial charge in [0, 0.05) is 40.8 Å². The molecule has 18 heavy (non-hydrogen) atoms. The summed E-state index contributed by atoms with van der Waals surface area (Å²) in [4.78, 5) is 11.8. The van der Waals surface area contributed by atoms with Gasteiger partial charge < -0.3 is 11.1 Å². The molecule has 1 aliphatic rings. The molecule has 3 N–H and O–H groups in total. The summed E-state index contributed by atoms with van der Waals surface area (Å²) in [5.41, 5.74) is 5.94. The molecule has 0 aromatic rings. The van der Waals surface area contributed by atoms with Crippen LogP contribution < -0.4 is 11.1 Å². The Morgan fingerprint density at radius 2 is 2.00 bits per heavy atom. The normalized spacial score (nSPS) is 22.2. The fourth-order valence-corrected chi connectivity index (χ4v) is 2.85. The minimum atomic E-state index is -0.816. The first-order valence-corrected chi connectivity index (χ1v) is 8.43. The molecule has 0 heterocycles. The Morgan fingerprint density at radius 1 is 1.39 bits per heavy atom. The standard InChI is InChI=1S/C13H26N2O2S/c1-11(18(2)17)6-9-15-12(16)10-13(14)7-4-3-5-8-13/h11H,3-10,14H2,1-2H3,(H,15,16). The van der Waals surface area contributed by atoms with E-state index < -0.39 is 10.8 Å². The van der Waals surface area contributed by atoms with Gasteiger partial charge in [0.05, 0.1) is 0 Å². The maximum Gasteiger partial charge on any atom is 0.221 e. The molecule has 1 fully saturated rings. The third-order valence-corrected chi connectivity index (χ3v) is 5.17. The highest BCUT2D eigenvalue weighted by Crippen LogP contribution is 2.28. The minimum Gasteiger partial charge on any atom is -0.356 e. The molecule has 0 aliphatic heterocycles. The molecule has 0 spiro atoms. The van der Waals surface area contributed by atoms with E-state index in [0.717, 1.165) is 32.1 Å². The predicted octanol–water partition coefficient (Wildman–Crippen LogP) is 1.31. The van der Waals surface area contributed by atoms with Crippen LogP contribution in [0.2, 0.25) is 0 Å². The third-order valence-electron chi connectivity index (χ3n) is 3.80. The Balaban J connectivity index is 2.22. The maximum absolute atomic E-state index is 11.8. The second-order valence-electron chi connectivity index (χ2n) is 5.55. The molecule has 106 valence electrons. The molecule has 0 saturated heterocycles. The topological polar surface area (TPSA) is 72.2 Å². The summed E-state index contributed by atoms with van der Waals surface area (Å²) in [5, 5.41) is 3.02. The summed E-state index contributed by atoms with van der Waals surface area (Å²) < 4.78 is 11.2. The monoisotopic (exact) mass is 274 g/mol. The first kappa shape index (κ1) is 15.6. The number of carbonyl (C=O) groups excluding carboxylic acids is 1. The van der Waals surface area contributed by atoms with E-state index in [1.54, 1.807) is 6.26 Å². The lowest BCUT2D eigenvalue weighted by atomic mass is 9.80. The summed E-state index contributed by atoms with van der Waals surface area (Å²) in [6.45, 7) is 2.53. The van der Waals surface area contributed by atoms with Crippen LogP contribution in [0.25, 0.3) is 0 Å². The quantitative estimate of drug-likeness (QED) is 0.767. The van der Waals surface area contributed by atoms with E-state index in [4.69, 9.17) is 5.73 Å². The van der Waals surface area contributed by atoms with Gasteiger partial charge in [0.1, 0.15) is 0 Å². The molecule has 2 atom stereocenters. The Hall–Kier alpha value is -0.420. The van der Waals surface area contributed by atoms with Gasteiger partial charge in [-0.3, -0.25) is 9.00 Å². The summed E-state index contributed by atoms with van der Waals surface area (Å²) in [6, 6.07) is 0. The van der Waals surface area contributed by atoms with E-state index in [1.165, 1.54) is 6.42 Å². The molecule has 4 nitrogen and oxygen atoms in total. The average molecular weight is 274 g/mol. The van der Waals surface area contributed by atoms with Gasteiger partial charge in [-0.2, -0.15) is 0 Å². The second kappa shape index (κ2) is 7.24. The molecule has 1 rings (SSSR count). The van der Waals surface area contributed by atoms with E-state index in [0.29, 0.717) is 13.0 Å². The van der Waals surface area contributed by atoms with Crippen LogP contribution >= 0.6 is 0 Å². The van der Waals surface area contributed by atoms with Gasteiger partial charge in [-0.05, 0) is 19.3 Å². The van der Waals surface area contributed by atoms with Crippen molar-refractivity contribution < 1.29 is 9.00 Å². The van der Waals surface area contributed by atoms with Gasteiger partial charge in [-0.15, -0.1) is 0 Å². The maximum atomic E-state index is 11.8. The zero-order valence-electron chi connectivity index (χ0n) is 11.5. The van der Waals surface area contributed by atoms with Crippen molar-refractivity contribution in [3.63, 3.8) is 0 Å². The lowest BCUT2D eigenvalue weighted by molar-refractivity contribution is -0.122. The van der Waals surface area contributed by atoms with Crippen LogP contribution in [0.3, 0.4) is 0 Å². The van der Waals surface area contributed by atoms with Crippen LogP contribution in [0, 0.1) is 0 Å². The fourth-order valence-electron chi connectivity index (χ4n) is 2.40. The lowest BCUT2D eigenvalue weighted by Crippen LogP contribution is -2.46. The SMILES string of the molecule is CC(CCNC(=O)CC1(N)CCCCC1)S(C)=O. The van der Waals surface area contributed by atoms with Gasteiger partial charge in [-0.25, -0.2) is 0 Å². The molecule has 2 unspecified atom stereocenters. The van der Waals surface area contributed by atoms with Crippen LogP contribution in [-0.4, -0.2) is 33.7 Å². The minimum absolute atomic E-state index is 0.0356.